The molecule has 0 saturated carbocycles. The molecular weight excluding hydrogens is 250 g/mol. The molecular formula is C17H11NS. The predicted octanol–water partition coefficient (Wildman–Crippen LogP) is 5.24. The maximum atomic E-state index is 4.79. The summed E-state index contributed by atoms with van der Waals surface area (Å²) in [6.07, 6.45) is 0. The molecule has 0 saturated heterocycles. The van der Waals surface area contributed by atoms with Crippen molar-refractivity contribution in [2.24, 2.45) is 4.99 Å². The average molecular weight is 261 g/mol. The lowest BCUT2D eigenvalue weighted by Gasteiger charge is -2.08. The molecule has 0 amide bonds. The normalized spacial score (nSPS) is 10.1. The molecule has 0 spiro atoms. The van der Waals surface area contributed by atoms with E-state index in [9.17, 15) is 0 Å². The van der Waals surface area contributed by atoms with Gasteiger partial charge >= 0.3 is 0 Å². The Labute approximate surface area is 117 Å². The summed E-state index contributed by atoms with van der Waals surface area (Å²) in [5.41, 5.74) is 3.10. The number of rotatable bonds is 2. The Balaban J connectivity index is 2.37. The van der Waals surface area contributed by atoms with Crippen LogP contribution in [0, 0.1) is 0 Å². The SMILES string of the molecule is S=C=Nc1c(-c2ccccc2)ccc2ccccc12. The number of nitrogens with zero attached hydrogens (tertiary/aromatic N) is 1. The van der Waals surface area contributed by atoms with Gasteiger partial charge in [0.05, 0.1) is 10.8 Å². The van der Waals surface area contributed by atoms with Crippen molar-refractivity contribution in [1.82, 2.24) is 0 Å². The molecule has 1 nitrogen and oxygen atoms in total. The second-order valence-corrected chi connectivity index (χ2v) is 4.43. The molecule has 19 heavy (non-hydrogen) atoms. The Morgan fingerprint density at radius 3 is 2.32 bits per heavy atom. The van der Waals surface area contributed by atoms with E-state index in [0.29, 0.717) is 0 Å². The van der Waals surface area contributed by atoms with E-state index in [-0.39, 0.29) is 0 Å². The van der Waals surface area contributed by atoms with Crippen molar-refractivity contribution in [2.45, 2.75) is 0 Å². The van der Waals surface area contributed by atoms with Gasteiger partial charge in [0, 0.05) is 10.9 Å². The van der Waals surface area contributed by atoms with Crippen LogP contribution < -0.4 is 0 Å². The van der Waals surface area contributed by atoms with Crippen LogP contribution in [-0.2, 0) is 0 Å². The summed E-state index contributed by atoms with van der Waals surface area (Å²) < 4.78 is 0. The van der Waals surface area contributed by atoms with Crippen LogP contribution in [0.2, 0.25) is 0 Å². The van der Waals surface area contributed by atoms with Crippen LogP contribution in [0.3, 0.4) is 0 Å². The van der Waals surface area contributed by atoms with Gasteiger partial charge in [-0.25, -0.2) is 0 Å². The highest BCUT2D eigenvalue weighted by atomic mass is 32.1. The van der Waals surface area contributed by atoms with E-state index in [0.717, 1.165) is 27.6 Å². The van der Waals surface area contributed by atoms with Gasteiger partial charge in [-0.15, -0.1) is 0 Å². The van der Waals surface area contributed by atoms with Gasteiger partial charge in [-0.3, -0.25) is 0 Å². The number of hydrogen-bond donors (Lipinski definition) is 0. The van der Waals surface area contributed by atoms with Gasteiger partial charge < -0.3 is 0 Å². The molecule has 90 valence electrons. The number of isothiocyanates is 1. The average Bonchev–Trinajstić information content (AvgIpc) is 2.49. The quantitative estimate of drug-likeness (QED) is 0.454. The molecule has 0 heterocycles. The fraction of sp³-hybridized carbons (Fsp3) is 0. The molecule has 3 aromatic carbocycles. The summed E-state index contributed by atoms with van der Waals surface area (Å²) >= 11 is 4.79. The van der Waals surface area contributed by atoms with Crippen LogP contribution in [0.1, 0.15) is 0 Å². The Kier molecular flexibility index (Phi) is 3.20. The summed E-state index contributed by atoms with van der Waals surface area (Å²) in [4.78, 5) is 4.28. The summed E-state index contributed by atoms with van der Waals surface area (Å²) in [6, 6.07) is 22.6. The highest BCUT2D eigenvalue weighted by Gasteiger charge is 2.08. The van der Waals surface area contributed by atoms with Crippen LogP contribution in [0.15, 0.2) is 71.7 Å². The molecule has 0 radical (unpaired) electrons. The zero-order valence-corrected chi connectivity index (χ0v) is 11.0. The molecule has 0 N–H and O–H groups in total. The molecule has 0 aromatic heterocycles. The molecule has 0 aliphatic rings. The first-order valence-electron chi connectivity index (χ1n) is 6.05. The largest absolute Gasteiger partial charge is 0.193 e. The van der Waals surface area contributed by atoms with Crippen LogP contribution in [0.5, 0.6) is 0 Å². The molecule has 0 unspecified atom stereocenters. The van der Waals surface area contributed by atoms with Crippen molar-refractivity contribution in [3.05, 3.63) is 66.7 Å². The zero-order valence-electron chi connectivity index (χ0n) is 10.2. The molecule has 0 fully saturated rings. The molecule has 0 aliphatic carbocycles. The van der Waals surface area contributed by atoms with Gasteiger partial charge in [-0.2, -0.15) is 4.99 Å². The lowest BCUT2D eigenvalue weighted by atomic mass is 9.99. The first-order chi connectivity index (χ1) is 9.40. The Morgan fingerprint density at radius 1 is 0.789 bits per heavy atom. The van der Waals surface area contributed by atoms with Gasteiger partial charge in [-0.1, -0.05) is 66.7 Å². The van der Waals surface area contributed by atoms with Gasteiger partial charge in [0.2, 0.25) is 0 Å². The molecule has 0 aliphatic heterocycles. The molecule has 2 heteroatoms. The smallest absolute Gasteiger partial charge is 0.0896 e. The van der Waals surface area contributed by atoms with E-state index in [1.54, 1.807) is 0 Å². The van der Waals surface area contributed by atoms with Crippen LogP contribution in [-0.4, -0.2) is 5.16 Å². The van der Waals surface area contributed by atoms with E-state index in [4.69, 9.17) is 12.2 Å². The fourth-order valence-corrected chi connectivity index (χ4v) is 2.36. The van der Waals surface area contributed by atoms with E-state index >= 15 is 0 Å². The number of thiocarbonyl (C=S) groups is 1. The zero-order chi connectivity index (χ0) is 13.1. The second-order valence-electron chi connectivity index (χ2n) is 4.25. The fourth-order valence-electron chi connectivity index (χ4n) is 2.27. The molecule has 3 aromatic rings. The maximum absolute atomic E-state index is 4.79. The van der Waals surface area contributed by atoms with Crippen molar-refractivity contribution in [3.8, 4) is 11.1 Å². The molecule has 0 atom stereocenters. The van der Waals surface area contributed by atoms with Gasteiger partial charge in [0.15, 0.2) is 0 Å². The third-order valence-corrected chi connectivity index (χ3v) is 3.23. The van der Waals surface area contributed by atoms with Crippen molar-refractivity contribution >= 4 is 33.8 Å². The minimum Gasteiger partial charge on any atom is -0.193 e. The number of fused-ring (bicyclic) bond motifs is 1. The van der Waals surface area contributed by atoms with Crippen LogP contribution >= 0.6 is 12.2 Å². The standard InChI is InChI=1S/C17H11NS/c19-12-18-17-15-9-5-4-8-14(15)10-11-16(17)13-6-2-1-3-7-13/h1-11H. The van der Waals surface area contributed by atoms with Crippen LogP contribution in [0.25, 0.3) is 21.9 Å². The Hall–Kier alpha value is -2.28. The summed E-state index contributed by atoms with van der Waals surface area (Å²) in [5, 5.41) is 4.75. The summed E-state index contributed by atoms with van der Waals surface area (Å²) in [6.45, 7) is 0. The van der Waals surface area contributed by atoms with Crippen molar-refractivity contribution in [1.29, 1.82) is 0 Å². The minimum absolute atomic E-state index is 0.888. The third-order valence-electron chi connectivity index (χ3n) is 3.14. The first kappa shape index (κ1) is 11.8. The van der Waals surface area contributed by atoms with Crippen molar-refractivity contribution < 1.29 is 0 Å². The Bertz CT molecular complexity index is 772. The van der Waals surface area contributed by atoms with Gasteiger partial charge in [0.1, 0.15) is 0 Å². The number of benzene rings is 3. The van der Waals surface area contributed by atoms with E-state index in [1.165, 1.54) is 0 Å². The third kappa shape index (κ3) is 2.19. The van der Waals surface area contributed by atoms with E-state index in [2.05, 4.69) is 46.6 Å². The van der Waals surface area contributed by atoms with Gasteiger partial charge in [0.25, 0.3) is 0 Å². The molecule has 0 bridgehead atoms. The topological polar surface area (TPSA) is 12.4 Å². The van der Waals surface area contributed by atoms with Crippen molar-refractivity contribution in [3.63, 3.8) is 0 Å². The minimum atomic E-state index is 0.888. The van der Waals surface area contributed by atoms with E-state index in [1.807, 2.05) is 30.3 Å². The summed E-state index contributed by atoms with van der Waals surface area (Å²) in [5.74, 6) is 0. The number of hydrogen-bond acceptors (Lipinski definition) is 2. The second kappa shape index (κ2) is 5.15. The van der Waals surface area contributed by atoms with Crippen molar-refractivity contribution in [2.75, 3.05) is 0 Å². The monoisotopic (exact) mass is 261 g/mol. The van der Waals surface area contributed by atoms with E-state index < -0.39 is 0 Å². The lowest BCUT2D eigenvalue weighted by Crippen LogP contribution is -1.81. The summed E-state index contributed by atoms with van der Waals surface area (Å²) in [7, 11) is 0. The maximum Gasteiger partial charge on any atom is 0.0896 e. The number of aliphatic imine (C=N–C) groups is 1. The predicted molar refractivity (Wildman–Crippen MR) is 84.1 cm³/mol. The molecule has 3 rings (SSSR count). The highest BCUT2D eigenvalue weighted by Crippen LogP contribution is 2.36. The highest BCUT2D eigenvalue weighted by molar-refractivity contribution is 7.78. The first-order valence-corrected chi connectivity index (χ1v) is 6.46. The lowest BCUT2D eigenvalue weighted by molar-refractivity contribution is 1.56. The Morgan fingerprint density at radius 2 is 1.53 bits per heavy atom. The van der Waals surface area contributed by atoms with Crippen LogP contribution in [0.4, 0.5) is 5.69 Å². The van der Waals surface area contributed by atoms with Gasteiger partial charge in [-0.05, 0) is 23.2 Å².